The van der Waals surface area contributed by atoms with Crippen LogP contribution >= 0.6 is 0 Å². The smallest absolute Gasteiger partial charge is 0.178 e. The van der Waals surface area contributed by atoms with Crippen LogP contribution in [-0.2, 0) is 10.3 Å². The molecule has 2 fully saturated rings. The molecule has 3 aliphatic heterocycles. The van der Waals surface area contributed by atoms with Crippen LogP contribution < -0.4 is 14.5 Å². The van der Waals surface area contributed by atoms with Crippen LogP contribution in [0.5, 0.6) is 5.75 Å². The summed E-state index contributed by atoms with van der Waals surface area (Å²) in [5.41, 5.74) is 4.25. The number of fused-ring (bicyclic) bond motifs is 3. The van der Waals surface area contributed by atoms with Gasteiger partial charge < -0.3 is 19.3 Å². The molecule has 7 rings (SSSR count). The van der Waals surface area contributed by atoms with Crippen molar-refractivity contribution in [1.29, 1.82) is 0 Å². The van der Waals surface area contributed by atoms with E-state index in [0.717, 1.165) is 59.7 Å². The van der Waals surface area contributed by atoms with Crippen molar-refractivity contribution in [2.24, 2.45) is 0 Å². The molecule has 4 aromatic rings. The lowest BCUT2D eigenvalue weighted by Crippen LogP contribution is -2.37. The van der Waals surface area contributed by atoms with Crippen molar-refractivity contribution in [3.05, 3.63) is 107 Å². The fourth-order valence-corrected chi connectivity index (χ4v) is 6.35. The van der Waals surface area contributed by atoms with E-state index >= 15 is 0 Å². The van der Waals surface area contributed by atoms with Crippen LogP contribution in [0.2, 0.25) is 0 Å². The SMILES string of the molecule is Fc1cccc([C@@]2(c3ccc(N4CCCCC4)cc3)C=Cc3c(cc(N4CCOCC4)c4ccccc34)O2)c1. The molecule has 0 bridgehead atoms. The Balaban J connectivity index is 1.36. The van der Waals surface area contributed by atoms with Gasteiger partial charge in [-0.3, -0.25) is 0 Å². The zero-order valence-electron chi connectivity index (χ0n) is 22.1. The third-order valence-electron chi connectivity index (χ3n) is 8.40. The van der Waals surface area contributed by atoms with Crippen molar-refractivity contribution in [2.45, 2.75) is 24.9 Å². The quantitative estimate of drug-likeness (QED) is 0.285. The number of anilines is 2. The normalized spacial score (nSPS) is 21.1. The summed E-state index contributed by atoms with van der Waals surface area (Å²) in [5, 5.41) is 2.36. The summed E-state index contributed by atoms with van der Waals surface area (Å²) >= 11 is 0. The van der Waals surface area contributed by atoms with E-state index in [4.69, 9.17) is 9.47 Å². The van der Waals surface area contributed by atoms with E-state index in [9.17, 15) is 4.39 Å². The predicted octanol–water partition coefficient (Wildman–Crippen LogP) is 7.16. The van der Waals surface area contributed by atoms with Gasteiger partial charge >= 0.3 is 0 Å². The second-order valence-corrected chi connectivity index (χ2v) is 10.7. The summed E-state index contributed by atoms with van der Waals surface area (Å²) in [7, 11) is 0. The maximum absolute atomic E-state index is 14.6. The van der Waals surface area contributed by atoms with Crippen LogP contribution in [0.3, 0.4) is 0 Å². The van der Waals surface area contributed by atoms with E-state index in [1.54, 1.807) is 12.1 Å². The Kier molecular flexibility index (Phi) is 6.24. The molecule has 0 amide bonds. The first-order valence-corrected chi connectivity index (χ1v) is 14.1. The lowest BCUT2D eigenvalue weighted by atomic mass is 9.83. The third kappa shape index (κ3) is 4.35. The first-order chi connectivity index (χ1) is 19.2. The van der Waals surface area contributed by atoms with Crippen molar-refractivity contribution >= 4 is 28.2 Å². The van der Waals surface area contributed by atoms with Crippen molar-refractivity contribution in [3.63, 3.8) is 0 Å². The topological polar surface area (TPSA) is 24.9 Å². The molecule has 3 heterocycles. The highest BCUT2D eigenvalue weighted by atomic mass is 19.1. The van der Waals surface area contributed by atoms with E-state index in [1.807, 2.05) is 6.07 Å². The second-order valence-electron chi connectivity index (χ2n) is 10.7. The monoisotopic (exact) mass is 520 g/mol. The van der Waals surface area contributed by atoms with Gasteiger partial charge in [0.1, 0.15) is 11.6 Å². The Morgan fingerprint density at radius 2 is 1.46 bits per heavy atom. The number of morpholine rings is 1. The molecule has 39 heavy (non-hydrogen) atoms. The molecule has 5 heteroatoms. The molecule has 0 unspecified atom stereocenters. The van der Waals surface area contributed by atoms with Crippen molar-refractivity contribution in [2.75, 3.05) is 49.2 Å². The number of rotatable bonds is 4. The average molecular weight is 521 g/mol. The first-order valence-electron chi connectivity index (χ1n) is 14.1. The van der Waals surface area contributed by atoms with Crippen molar-refractivity contribution in [1.82, 2.24) is 0 Å². The van der Waals surface area contributed by atoms with Crippen molar-refractivity contribution < 1.29 is 13.9 Å². The molecule has 0 N–H and O–H groups in total. The Hall–Kier alpha value is -3.83. The molecule has 0 aromatic heterocycles. The lowest BCUT2D eigenvalue weighted by molar-refractivity contribution is 0.122. The molecule has 2 saturated heterocycles. The number of hydrogen-bond donors (Lipinski definition) is 0. The van der Waals surface area contributed by atoms with Gasteiger partial charge in [-0.2, -0.15) is 0 Å². The Morgan fingerprint density at radius 1 is 0.692 bits per heavy atom. The third-order valence-corrected chi connectivity index (χ3v) is 8.40. The van der Waals surface area contributed by atoms with Crippen LogP contribution in [0.4, 0.5) is 15.8 Å². The van der Waals surface area contributed by atoms with Gasteiger partial charge in [-0.25, -0.2) is 4.39 Å². The highest BCUT2D eigenvalue weighted by Crippen LogP contribution is 2.47. The minimum absolute atomic E-state index is 0.271. The fraction of sp³-hybridized carbons (Fsp3) is 0.294. The summed E-state index contributed by atoms with van der Waals surface area (Å²) in [6.07, 6.45) is 8.03. The number of hydrogen-bond acceptors (Lipinski definition) is 4. The summed E-state index contributed by atoms with van der Waals surface area (Å²) in [5.74, 6) is 0.536. The molecule has 0 radical (unpaired) electrons. The van der Waals surface area contributed by atoms with Gasteiger partial charge in [0.25, 0.3) is 0 Å². The molecule has 198 valence electrons. The molecule has 4 aromatic carbocycles. The summed E-state index contributed by atoms with van der Waals surface area (Å²) in [6.45, 7) is 5.29. The van der Waals surface area contributed by atoms with E-state index < -0.39 is 5.60 Å². The van der Waals surface area contributed by atoms with Gasteiger partial charge in [0.05, 0.1) is 13.2 Å². The zero-order valence-corrected chi connectivity index (χ0v) is 22.1. The number of benzene rings is 4. The Morgan fingerprint density at radius 3 is 2.23 bits per heavy atom. The lowest BCUT2D eigenvalue weighted by Gasteiger charge is -2.38. The van der Waals surface area contributed by atoms with E-state index in [-0.39, 0.29) is 5.82 Å². The number of halogens is 1. The van der Waals surface area contributed by atoms with Crippen LogP contribution in [0.15, 0.2) is 84.9 Å². The molecule has 4 nitrogen and oxygen atoms in total. The highest BCUT2D eigenvalue weighted by molar-refractivity contribution is 6.02. The van der Waals surface area contributed by atoms with Gasteiger partial charge in [-0.15, -0.1) is 0 Å². The van der Waals surface area contributed by atoms with Gasteiger partial charge in [0.15, 0.2) is 5.60 Å². The molecule has 1 atom stereocenters. The maximum Gasteiger partial charge on any atom is 0.178 e. The predicted molar refractivity (Wildman–Crippen MR) is 156 cm³/mol. The van der Waals surface area contributed by atoms with Gasteiger partial charge in [0.2, 0.25) is 0 Å². The maximum atomic E-state index is 14.6. The molecule has 0 aliphatic carbocycles. The average Bonchev–Trinajstić information content (AvgIpc) is 3.01. The second kappa shape index (κ2) is 10.0. The zero-order chi connectivity index (χ0) is 26.2. The van der Waals surface area contributed by atoms with Crippen LogP contribution in [0.1, 0.15) is 36.0 Å². The van der Waals surface area contributed by atoms with Crippen LogP contribution in [0, 0.1) is 5.82 Å². The van der Waals surface area contributed by atoms with E-state index in [2.05, 4.69) is 76.5 Å². The van der Waals surface area contributed by atoms with Crippen molar-refractivity contribution in [3.8, 4) is 5.75 Å². The molecular weight excluding hydrogens is 487 g/mol. The molecule has 3 aliphatic rings. The van der Waals surface area contributed by atoms with Crippen LogP contribution in [0.25, 0.3) is 16.8 Å². The molecule has 0 saturated carbocycles. The first kappa shape index (κ1) is 24.2. The van der Waals surface area contributed by atoms with Gasteiger partial charge in [0, 0.05) is 65.7 Å². The minimum atomic E-state index is -0.944. The minimum Gasteiger partial charge on any atom is -0.473 e. The number of nitrogens with zero attached hydrogens (tertiary/aromatic N) is 2. The standard InChI is InChI=1S/C34H33FN2O2/c35-27-8-6-7-26(23-27)34(25-11-13-28(14-12-25)36-17-4-1-5-18-36)16-15-31-29-9-2-3-10-30(29)32(24-33(31)39-34)37-19-21-38-22-20-37/h2-3,6-16,23-24H,1,4-5,17-22H2/t34-/m0/s1. The summed E-state index contributed by atoms with van der Waals surface area (Å²) in [6, 6.07) is 26.2. The summed E-state index contributed by atoms with van der Waals surface area (Å²) < 4.78 is 27.3. The molecule has 0 spiro atoms. The fourth-order valence-electron chi connectivity index (χ4n) is 6.35. The van der Waals surface area contributed by atoms with Crippen LogP contribution in [-0.4, -0.2) is 39.4 Å². The Bertz CT molecular complexity index is 1520. The van der Waals surface area contributed by atoms with Gasteiger partial charge in [-0.05, 0) is 61.1 Å². The summed E-state index contributed by atoms with van der Waals surface area (Å²) in [4.78, 5) is 4.83. The Labute approximate surface area is 229 Å². The largest absolute Gasteiger partial charge is 0.473 e. The number of ether oxygens (including phenoxy) is 2. The van der Waals surface area contributed by atoms with Gasteiger partial charge in [-0.1, -0.05) is 48.5 Å². The van der Waals surface area contributed by atoms with E-state index in [1.165, 1.54) is 36.4 Å². The number of piperidine rings is 1. The highest BCUT2D eigenvalue weighted by Gasteiger charge is 2.38. The molecular formula is C34H33FN2O2. The van der Waals surface area contributed by atoms with E-state index in [0.29, 0.717) is 13.2 Å².